The lowest BCUT2D eigenvalue weighted by atomic mass is 10.1. The van der Waals surface area contributed by atoms with Gasteiger partial charge in [-0.1, -0.05) is 0 Å². The highest BCUT2D eigenvalue weighted by molar-refractivity contribution is 5.95. The number of nitrogens with one attached hydrogen (secondary N) is 1. The normalized spacial score (nSPS) is 19.9. The number of nitrogens with zero attached hydrogens (tertiary/aromatic N) is 3. The molecule has 96 valence electrons. The van der Waals surface area contributed by atoms with Crippen LogP contribution in [0.3, 0.4) is 0 Å². The number of rotatable bonds is 1. The van der Waals surface area contributed by atoms with Crippen LogP contribution in [0, 0.1) is 6.92 Å². The minimum atomic E-state index is 0. The second-order valence-corrected chi connectivity index (χ2v) is 4.32. The molecule has 0 spiro atoms. The van der Waals surface area contributed by atoms with Crippen molar-refractivity contribution in [2.75, 3.05) is 19.6 Å². The molecule has 5 nitrogen and oxygen atoms in total. The molecule has 17 heavy (non-hydrogen) atoms. The molecular formula is C11H19ClN4O. The van der Waals surface area contributed by atoms with Crippen molar-refractivity contribution in [1.29, 1.82) is 0 Å². The van der Waals surface area contributed by atoms with Crippen molar-refractivity contribution < 1.29 is 4.79 Å². The lowest BCUT2D eigenvalue weighted by molar-refractivity contribution is 0.0655. The maximum Gasteiger partial charge on any atom is 0.257 e. The van der Waals surface area contributed by atoms with Crippen molar-refractivity contribution in [3.8, 4) is 0 Å². The standard InChI is InChI=1S/C11H18N4O.ClH/c1-8-6-12-4-5-15(8)11(16)10-7-13-14(3)9(10)2;/h7-8,12H,4-6H2,1-3H3;1H/t8-;/m0./s1. The molecule has 1 atom stereocenters. The minimum absolute atomic E-state index is 0. The Morgan fingerprint density at radius 1 is 1.59 bits per heavy atom. The van der Waals surface area contributed by atoms with Crippen LogP contribution in [0.5, 0.6) is 0 Å². The van der Waals surface area contributed by atoms with Crippen molar-refractivity contribution in [3.05, 3.63) is 17.5 Å². The molecule has 2 heterocycles. The highest BCUT2D eigenvalue weighted by Gasteiger charge is 2.26. The van der Waals surface area contributed by atoms with Crippen LogP contribution in [0.15, 0.2) is 6.20 Å². The average molecular weight is 259 g/mol. The van der Waals surface area contributed by atoms with Crippen molar-refractivity contribution >= 4 is 18.3 Å². The zero-order valence-corrected chi connectivity index (χ0v) is 11.3. The highest BCUT2D eigenvalue weighted by Crippen LogP contribution is 2.13. The summed E-state index contributed by atoms with van der Waals surface area (Å²) in [6.45, 7) is 6.50. The summed E-state index contributed by atoms with van der Waals surface area (Å²) >= 11 is 0. The fraction of sp³-hybridized carbons (Fsp3) is 0.636. The maximum atomic E-state index is 12.3. The van der Waals surface area contributed by atoms with E-state index in [1.165, 1.54) is 0 Å². The largest absolute Gasteiger partial charge is 0.333 e. The molecule has 1 aliphatic heterocycles. The van der Waals surface area contributed by atoms with Gasteiger partial charge in [0.15, 0.2) is 0 Å². The van der Waals surface area contributed by atoms with E-state index in [0.717, 1.165) is 30.9 Å². The molecule has 1 N–H and O–H groups in total. The zero-order chi connectivity index (χ0) is 11.7. The Hall–Kier alpha value is -1.07. The van der Waals surface area contributed by atoms with Crippen molar-refractivity contribution in [1.82, 2.24) is 20.0 Å². The first-order chi connectivity index (χ1) is 7.61. The summed E-state index contributed by atoms with van der Waals surface area (Å²) in [4.78, 5) is 14.2. The van der Waals surface area contributed by atoms with E-state index in [1.807, 2.05) is 18.9 Å². The summed E-state index contributed by atoms with van der Waals surface area (Å²) < 4.78 is 1.74. The third kappa shape index (κ3) is 2.61. The molecule has 1 amide bonds. The second-order valence-electron chi connectivity index (χ2n) is 4.32. The number of carbonyl (C=O) groups excluding carboxylic acids is 1. The number of aryl methyl sites for hydroxylation is 1. The monoisotopic (exact) mass is 258 g/mol. The molecule has 0 unspecified atom stereocenters. The van der Waals surface area contributed by atoms with E-state index < -0.39 is 0 Å². The number of halogens is 1. The van der Waals surface area contributed by atoms with E-state index in [4.69, 9.17) is 0 Å². The number of piperazine rings is 1. The molecule has 0 bridgehead atoms. The number of hydrogen-bond acceptors (Lipinski definition) is 3. The van der Waals surface area contributed by atoms with Crippen LogP contribution in [-0.4, -0.2) is 46.3 Å². The van der Waals surface area contributed by atoms with Gasteiger partial charge in [-0.15, -0.1) is 12.4 Å². The Morgan fingerprint density at radius 3 is 2.82 bits per heavy atom. The van der Waals surface area contributed by atoms with Crippen LogP contribution in [0.2, 0.25) is 0 Å². The molecule has 0 saturated carbocycles. The Bertz CT molecular complexity index is 404. The predicted molar refractivity (Wildman–Crippen MR) is 68.6 cm³/mol. The van der Waals surface area contributed by atoms with E-state index in [2.05, 4.69) is 17.3 Å². The summed E-state index contributed by atoms with van der Waals surface area (Å²) in [7, 11) is 1.85. The quantitative estimate of drug-likeness (QED) is 0.802. The molecule has 1 saturated heterocycles. The Morgan fingerprint density at radius 2 is 2.29 bits per heavy atom. The van der Waals surface area contributed by atoms with Gasteiger partial charge in [-0.3, -0.25) is 9.48 Å². The Balaban J connectivity index is 0.00000144. The third-order valence-electron chi connectivity index (χ3n) is 3.23. The molecular weight excluding hydrogens is 240 g/mol. The van der Waals surface area contributed by atoms with Gasteiger partial charge in [-0.25, -0.2) is 0 Å². The minimum Gasteiger partial charge on any atom is -0.333 e. The molecule has 1 fully saturated rings. The first-order valence-corrected chi connectivity index (χ1v) is 5.61. The molecule has 1 aromatic heterocycles. The van der Waals surface area contributed by atoms with E-state index in [-0.39, 0.29) is 24.4 Å². The predicted octanol–water partition coefficient (Wildman–Crippen LogP) is 0.584. The van der Waals surface area contributed by atoms with Gasteiger partial charge in [0, 0.05) is 38.4 Å². The van der Waals surface area contributed by atoms with Crippen molar-refractivity contribution in [2.45, 2.75) is 19.9 Å². The molecule has 2 rings (SSSR count). The number of carbonyl (C=O) groups is 1. The highest BCUT2D eigenvalue weighted by atomic mass is 35.5. The van der Waals surface area contributed by atoms with E-state index in [9.17, 15) is 4.79 Å². The molecule has 1 aromatic rings. The van der Waals surface area contributed by atoms with E-state index in [0.29, 0.717) is 0 Å². The molecule has 0 radical (unpaired) electrons. The average Bonchev–Trinajstić information content (AvgIpc) is 2.60. The van der Waals surface area contributed by atoms with Gasteiger partial charge in [0.2, 0.25) is 0 Å². The van der Waals surface area contributed by atoms with E-state index in [1.54, 1.807) is 10.9 Å². The van der Waals surface area contributed by atoms with Crippen LogP contribution in [0.25, 0.3) is 0 Å². The lowest BCUT2D eigenvalue weighted by Gasteiger charge is -2.33. The first-order valence-electron chi connectivity index (χ1n) is 5.61. The molecule has 0 aliphatic carbocycles. The maximum absolute atomic E-state index is 12.3. The summed E-state index contributed by atoms with van der Waals surface area (Å²) in [6, 6.07) is 0.251. The van der Waals surface area contributed by atoms with Gasteiger partial charge in [-0.05, 0) is 13.8 Å². The number of aromatic nitrogens is 2. The lowest BCUT2D eigenvalue weighted by Crippen LogP contribution is -2.52. The zero-order valence-electron chi connectivity index (χ0n) is 10.4. The first kappa shape index (κ1) is 14.0. The summed E-state index contributed by atoms with van der Waals surface area (Å²) in [5, 5.41) is 7.39. The van der Waals surface area contributed by atoms with Crippen LogP contribution in [-0.2, 0) is 7.05 Å². The second kappa shape index (κ2) is 5.51. The molecule has 6 heteroatoms. The molecule has 1 aliphatic rings. The Labute approximate surface area is 108 Å². The third-order valence-corrected chi connectivity index (χ3v) is 3.23. The van der Waals surface area contributed by atoms with Crippen LogP contribution in [0.4, 0.5) is 0 Å². The molecule has 0 aromatic carbocycles. The topological polar surface area (TPSA) is 50.2 Å². The Kier molecular flexibility index (Phi) is 4.54. The van der Waals surface area contributed by atoms with E-state index >= 15 is 0 Å². The van der Waals surface area contributed by atoms with Gasteiger partial charge in [-0.2, -0.15) is 5.10 Å². The van der Waals surface area contributed by atoms with Crippen LogP contribution >= 0.6 is 12.4 Å². The SMILES string of the molecule is Cc1c(C(=O)N2CCNC[C@@H]2C)cnn1C.Cl. The van der Waals surface area contributed by atoms with Crippen LogP contribution in [0.1, 0.15) is 23.0 Å². The summed E-state index contributed by atoms with van der Waals surface area (Å²) in [6.07, 6.45) is 1.66. The van der Waals surface area contributed by atoms with Crippen molar-refractivity contribution in [3.63, 3.8) is 0 Å². The van der Waals surface area contributed by atoms with Gasteiger partial charge < -0.3 is 10.2 Å². The number of amides is 1. The van der Waals surface area contributed by atoms with Gasteiger partial charge in [0.05, 0.1) is 11.8 Å². The summed E-state index contributed by atoms with van der Waals surface area (Å²) in [5.41, 5.74) is 1.65. The van der Waals surface area contributed by atoms with Crippen molar-refractivity contribution in [2.24, 2.45) is 7.05 Å². The van der Waals surface area contributed by atoms with Crippen LogP contribution < -0.4 is 5.32 Å². The fourth-order valence-electron chi connectivity index (χ4n) is 2.01. The van der Waals surface area contributed by atoms with Gasteiger partial charge in [0.25, 0.3) is 5.91 Å². The van der Waals surface area contributed by atoms with Gasteiger partial charge in [0.1, 0.15) is 0 Å². The fourth-order valence-corrected chi connectivity index (χ4v) is 2.01. The smallest absolute Gasteiger partial charge is 0.257 e. The van der Waals surface area contributed by atoms with Gasteiger partial charge >= 0.3 is 0 Å². The number of hydrogen-bond donors (Lipinski definition) is 1. The summed E-state index contributed by atoms with van der Waals surface area (Å²) in [5.74, 6) is 0.0969.